The Hall–Kier alpha value is 0.370. The van der Waals surface area contributed by atoms with Gasteiger partial charge in [0.1, 0.15) is 0 Å². The smallest absolute Gasteiger partial charge is 0.320 e. The Kier molecular flexibility index (Phi) is 9.78. The Bertz CT molecular complexity index is 321. The Morgan fingerprint density at radius 1 is 0.591 bits per heavy atom. The molecular weight excluding hydrogens is 313 g/mol. The highest BCUT2D eigenvalue weighted by molar-refractivity contribution is 7.13. The lowest BCUT2D eigenvalue weighted by molar-refractivity contribution is 0.309. The highest BCUT2D eigenvalue weighted by Gasteiger charge is 2.34. The summed E-state index contributed by atoms with van der Waals surface area (Å²) in [7, 11) is 0. The van der Waals surface area contributed by atoms with Crippen molar-refractivity contribution >= 4 is 35.4 Å². The molecule has 0 atom stereocenters. The number of hydrogen-bond donors (Lipinski definition) is 0. The fraction of sp³-hybridized carbons (Fsp3) is 0.875. The van der Waals surface area contributed by atoms with Gasteiger partial charge in [0.05, 0.1) is 0 Å². The van der Waals surface area contributed by atoms with Crippen LogP contribution in [0.15, 0.2) is 10.9 Å². The average molecular weight is 347 g/mol. The molecule has 0 saturated heterocycles. The van der Waals surface area contributed by atoms with Crippen LogP contribution in [0.25, 0.3) is 0 Å². The predicted octanol–water partition coefficient (Wildman–Crippen LogP) is 5.09. The van der Waals surface area contributed by atoms with Crippen molar-refractivity contribution < 1.29 is 0 Å². The lowest BCUT2D eigenvalue weighted by atomic mass is 9.64. The fourth-order valence-electron chi connectivity index (χ4n) is 3.06. The van der Waals surface area contributed by atoms with Gasteiger partial charge < -0.3 is 9.62 Å². The molecule has 0 aromatic rings. The van der Waals surface area contributed by atoms with Crippen molar-refractivity contribution in [3.05, 3.63) is 10.9 Å². The maximum absolute atomic E-state index is 6.78. The van der Waals surface area contributed by atoms with E-state index >= 15 is 0 Å². The summed E-state index contributed by atoms with van der Waals surface area (Å²) >= 11 is 13.6. The van der Waals surface area contributed by atoms with Crippen molar-refractivity contribution in [2.24, 2.45) is 0 Å². The lowest BCUT2D eigenvalue weighted by Gasteiger charge is -2.37. The van der Waals surface area contributed by atoms with Gasteiger partial charge in [0.2, 0.25) is 0 Å². The van der Waals surface area contributed by atoms with E-state index in [-0.39, 0.29) is 12.5 Å². The van der Waals surface area contributed by atoms with Gasteiger partial charge in [0.25, 0.3) is 0 Å². The number of halogens is 2. The summed E-state index contributed by atoms with van der Waals surface area (Å²) in [4.78, 5) is 4.64. The third-order valence-corrected chi connectivity index (χ3v) is 5.35. The van der Waals surface area contributed by atoms with E-state index in [9.17, 15) is 0 Å². The third-order valence-electron chi connectivity index (χ3n) is 4.25. The maximum atomic E-state index is 6.78. The Morgan fingerprint density at radius 3 is 0.909 bits per heavy atom. The zero-order valence-electron chi connectivity index (χ0n) is 16.1. The summed E-state index contributed by atoms with van der Waals surface area (Å²) in [5, 5.41) is 0. The standard InChI is InChI=1S/C16H34B2Cl2N2/c1-11(2)21(12(3)4)17(19)15(9)16(10)18(20)22(13(5)6)14(7)8/h11-14H,1-10H3/b16-15-. The van der Waals surface area contributed by atoms with Gasteiger partial charge in [0, 0.05) is 0 Å². The average Bonchev–Trinajstić information content (AvgIpc) is 2.34. The highest BCUT2D eigenvalue weighted by atomic mass is 35.5. The minimum atomic E-state index is -0.123. The number of rotatable bonds is 8. The molecule has 0 fully saturated rings. The first-order valence-electron chi connectivity index (χ1n) is 8.43. The van der Waals surface area contributed by atoms with Crippen molar-refractivity contribution in [2.75, 3.05) is 0 Å². The molecule has 0 heterocycles. The van der Waals surface area contributed by atoms with E-state index in [2.05, 4.69) is 78.9 Å². The van der Waals surface area contributed by atoms with Crippen LogP contribution in [0.3, 0.4) is 0 Å². The van der Waals surface area contributed by atoms with Crippen LogP contribution in [-0.2, 0) is 0 Å². The monoisotopic (exact) mass is 346 g/mol. The molecule has 0 aromatic carbocycles. The van der Waals surface area contributed by atoms with Crippen LogP contribution >= 0.6 is 22.9 Å². The van der Waals surface area contributed by atoms with Crippen LogP contribution in [0.4, 0.5) is 0 Å². The molecular formula is C16H34B2Cl2N2. The Morgan fingerprint density at radius 2 is 0.773 bits per heavy atom. The minimum Gasteiger partial charge on any atom is -0.320 e. The molecule has 2 nitrogen and oxygen atoms in total. The summed E-state index contributed by atoms with van der Waals surface area (Å²) in [6, 6.07) is 1.58. The predicted molar refractivity (Wildman–Crippen MR) is 106 cm³/mol. The van der Waals surface area contributed by atoms with Crippen molar-refractivity contribution in [1.29, 1.82) is 0 Å². The Balaban J connectivity index is 5.50. The van der Waals surface area contributed by atoms with Crippen LogP contribution in [0.2, 0.25) is 0 Å². The molecule has 0 spiro atoms. The van der Waals surface area contributed by atoms with E-state index in [4.69, 9.17) is 22.9 Å². The zero-order chi connectivity index (χ0) is 17.8. The van der Waals surface area contributed by atoms with Crippen LogP contribution < -0.4 is 0 Å². The highest BCUT2D eigenvalue weighted by Crippen LogP contribution is 2.24. The van der Waals surface area contributed by atoms with Crippen LogP contribution in [0.1, 0.15) is 69.2 Å². The van der Waals surface area contributed by atoms with Gasteiger partial charge in [-0.05, 0) is 38.0 Å². The molecule has 0 aromatic heterocycles. The summed E-state index contributed by atoms with van der Waals surface area (Å²) < 4.78 is 0. The van der Waals surface area contributed by atoms with Crippen LogP contribution in [-0.4, -0.2) is 46.3 Å². The van der Waals surface area contributed by atoms with E-state index in [0.717, 1.165) is 10.9 Å². The lowest BCUT2D eigenvalue weighted by Crippen LogP contribution is -2.49. The molecule has 6 heteroatoms. The van der Waals surface area contributed by atoms with E-state index in [1.807, 2.05) is 0 Å². The molecule has 0 saturated carbocycles. The minimum absolute atomic E-state index is 0.123. The van der Waals surface area contributed by atoms with Gasteiger partial charge in [-0.25, -0.2) is 0 Å². The first-order valence-corrected chi connectivity index (χ1v) is 9.30. The maximum Gasteiger partial charge on any atom is 0.359 e. The number of nitrogens with zero attached hydrogens (tertiary/aromatic N) is 2. The van der Waals surface area contributed by atoms with Crippen LogP contribution in [0, 0.1) is 0 Å². The second kappa shape index (κ2) is 9.61. The summed E-state index contributed by atoms with van der Waals surface area (Å²) in [5.41, 5.74) is 2.32. The molecule has 0 bridgehead atoms. The quantitative estimate of drug-likeness (QED) is 0.564. The van der Waals surface area contributed by atoms with Crippen molar-refractivity contribution in [2.45, 2.75) is 93.4 Å². The molecule has 0 rings (SSSR count). The Labute approximate surface area is 149 Å². The second-order valence-corrected chi connectivity index (χ2v) is 8.13. The SMILES string of the molecule is C/C(B(Cl)N(C(C)C)C(C)C)=C(\C)B(Cl)N(C(C)C)C(C)C. The van der Waals surface area contributed by atoms with E-state index in [0.29, 0.717) is 24.2 Å². The van der Waals surface area contributed by atoms with Gasteiger partial charge in [-0.3, -0.25) is 0 Å². The largest absolute Gasteiger partial charge is 0.359 e. The molecule has 0 aliphatic heterocycles. The van der Waals surface area contributed by atoms with Crippen molar-refractivity contribution in [1.82, 2.24) is 9.62 Å². The normalized spacial score (nSPS) is 13.9. The molecule has 128 valence electrons. The number of allylic oxidation sites excluding steroid dienone is 2. The summed E-state index contributed by atoms with van der Waals surface area (Å²) in [6.07, 6.45) is -0.246. The van der Waals surface area contributed by atoms with Gasteiger partial charge >= 0.3 is 12.5 Å². The zero-order valence-corrected chi connectivity index (χ0v) is 17.6. The molecule has 0 N–H and O–H groups in total. The molecule has 22 heavy (non-hydrogen) atoms. The first-order chi connectivity index (χ1) is 9.93. The van der Waals surface area contributed by atoms with Crippen molar-refractivity contribution in [3.63, 3.8) is 0 Å². The van der Waals surface area contributed by atoms with Gasteiger partial charge in [-0.1, -0.05) is 66.3 Å². The molecule has 0 aliphatic carbocycles. The van der Waals surface area contributed by atoms with Gasteiger partial charge in [-0.15, -0.1) is 0 Å². The van der Waals surface area contributed by atoms with Crippen LogP contribution in [0.5, 0.6) is 0 Å². The van der Waals surface area contributed by atoms with E-state index < -0.39 is 0 Å². The molecule has 0 amide bonds. The van der Waals surface area contributed by atoms with Gasteiger partial charge in [-0.2, -0.15) is 22.9 Å². The first kappa shape index (κ1) is 22.4. The summed E-state index contributed by atoms with van der Waals surface area (Å²) in [5.74, 6) is 0. The van der Waals surface area contributed by atoms with E-state index in [1.165, 1.54) is 0 Å². The number of hydrogen-bond acceptors (Lipinski definition) is 2. The van der Waals surface area contributed by atoms with E-state index in [1.54, 1.807) is 0 Å². The molecule has 0 aliphatic rings. The third kappa shape index (κ3) is 5.78. The molecule has 0 unspecified atom stereocenters. The topological polar surface area (TPSA) is 6.48 Å². The molecule has 0 radical (unpaired) electrons. The second-order valence-electron chi connectivity index (χ2n) is 7.31. The summed E-state index contributed by atoms with van der Waals surface area (Å²) in [6.45, 7) is 21.7. The van der Waals surface area contributed by atoms with Gasteiger partial charge in [0.15, 0.2) is 0 Å². The van der Waals surface area contributed by atoms with Crippen molar-refractivity contribution in [3.8, 4) is 0 Å². The fourth-order valence-corrected chi connectivity index (χ4v) is 4.31.